The van der Waals surface area contributed by atoms with E-state index >= 15 is 0 Å². The standard InChI is InChI=1S/C49H62O8/c1-11-27-52-41-33(9)43(50-17-7)47(56-31-15-5)45(54-29-13-3)39(41)49(37-25-21-19-23-35(37)36-24-20-22-26-38(36)49)40-42(53-28-12-2)34(10)44(51-18-8)48(57-32-16-6)46(40)55-30-14-4/h17-26H,7-8,11-16,27-32H2,1-6,9-10H3. The summed E-state index contributed by atoms with van der Waals surface area (Å²) in [4.78, 5) is 0. The third-order valence-electron chi connectivity index (χ3n) is 9.90. The summed E-state index contributed by atoms with van der Waals surface area (Å²) in [5.74, 6) is 4.26. The van der Waals surface area contributed by atoms with E-state index in [0.29, 0.717) is 85.6 Å². The summed E-state index contributed by atoms with van der Waals surface area (Å²) in [6.45, 7) is 27.1. The molecule has 8 heteroatoms. The monoisotopic (exact) mass is 778 g/mol. The minimum absolute atomic E-state index is 0.410. The van der Waals surface area contributed by atoms with Crippen LogP contribution < -0.4 is 37.9 Å². The highest BCUT2D eigenvalue weighted by molar-refractivity contribution is 5.92. The van der Waals surface area contributed by atoms with Gasteiger partial charge in [0.2, 0.25) is 11.5 Å². The second kappa shape index (κ2) is 20.3. The molecule has 5 rings (SSSR count). The second-order valence-electron chi connectivity index (χ2n) is 14.1. The molecule has 4 aromatic rings. The van der Waals surface area contributed by atoms with Crippen LogP contribution in [0.1, 0.15) is 113 Å². The van der Waals surface area contributed by atoms with Crippen molar-refractivity contribution in [2.45, 2.75) is 99.3 Å². The Bertz CT molecular complexity index is 1850. The molecule has 0 saturated heterocycles. The van der Waals surface area contributed by atoms with Crippen molar-refractivity contribution in [2.75, 3.05) is 39.6 Å². The van der Waals surface area contributed by atoms with Gasteiger partial charge in [0, 0.05) is 11.1 Å². The summed E-state index contributed by atoms with van der Waals surface area (Å²) in [7, 11) is 0. The zero-order chi connectivity index (χ0) is 41.0. The van der Waals surface area contributed by atoms with Gasteiger partial charge in [0.1, 0.15) is 11.5 Å². The van der Waals surface area contributed by atoms with Crippen molar-refractivity contribution in [2.24, 2.45) is 0 Å². The van der Waals surface area contributed by atoms with E-state index in [1.807, 2.05) is 13.8 Å². The smallest absolute Gasteiger partial charge is 0.205 e. The highest BCUT2D eigenvalue weighted by atomic mass is 16.6. The van der Waals surface area contributed by atoms with Crippen LogP contribution in [0, 0.1) is 13.8 Å². The average Bonchev–Trinajstić information content (AvgIpc) is 3.52. The first-order valence-electron chi connectivity index (χ1n) is 20.8. The lowest BCUT2D eigenvalue weighted by Gasteiger charge is -2.40. The van der Waals surface area contributed by atoms with Gasteiger partial charge in [0.05, 0.1) is 68.7 Å². The first kappa shape index (κ1) is 42.9. The quantitative estimate of drug-likeness (QED) is 0.0573. The molecule has 0 aliphatic heterocycles. The van der Waals surface area contributed by atoms with Crippen molar-refractivity contribution < 1.29 is 37.9 Å². The van der Waals surface area contributed by atoms with Crippen LogP contribution in [-0.4, -0.2) is 39.6 Å². The highest BCUT2D eigenvalue weighted by Gasteiger charge is 2.55. The fraction of sp³-hybridized carbons (Fsp3) is 0.429. The van der Waals surface area contributed by atoms with Gasteiger partial charge < -0.3 is 37.9 Å². The van der Waals surface area contributed by atoms with Gasteiger partial charge in [-0.25, -0.2) is 0 Å². The summed E-state index contributed by atoms with van der Waals surface area (Å²) in [5, 5.41) is 0. The molecule has 4 aromatic carbocycles. The van der Waals surface area contributed by atoms with Gasteiger partial charge in [0.25, 0.3) is 0 Å². The maximum atomic E-state index is 7.03. The SMILES string of the molecule is C=COc1c(C)c(OCCC)c(C2(c3c(OCCC)c(C)c(OC=C)c(OCCC)c3OCCC)c3ccccc3-c3ccccc32)c(OCCC)c1OCCC. The Labute approximate surface area is 340 Å². The molecule has 1 aliphatic rings. The molecule has 0 saturated carbocycles. The van der Waals surface area contributed by atoms with Crippen molar-refractivity contribution in [1.29, 1.82) is 0 Å². The number of hydrogen-bond donors (Lipinski definition) is 0. The second-order valence-corrected chi connectivity index (χ2v) is 14.1. The average molecular weight is 779 g/mol. The summed E-state index contributed by atoms with van der Waals surface area (Å²) in [5.41, 5.74) is 6.01. The number of ether oxygens (including phenoxy) is 8. The predicted octanol–water partition coefficient (Wildman–Crippen LogP) is 12.4. The van der Waals surface area contributed by atoms with Crippen LogP contribution in [0.4, 0.5) is 0 Å². The fourth-order valence-electron chi connectivity index (χ4n) is 7.71. The Kier molecular flexibility index (Phi) is 15.2. The molecule has 0 atom stereocenters. The molecule has 8 nitrogen and oxygen atoms in total. The molecule has 0 aromatic heterocycles. The fourth-order valence-corrected chi connectivity index (χ4v) is 7.71. The van der Waals surface area contributed by atoms with Gasteiger partial charge in [-0.3, -0.25) is 0 Å². The van der Waals surface area contributed by atoms with E-state index in [0.717, 1.165) is 83.0 Å². The lowest BCUT2D eigenvalue weighted by molar-refractivity contribution is 0.241. The first-order chi connectivity index (χ1) is 27.9. The van der Waals surface area contributed by atoms with Gasteiger partial charge in [-0.1, -0.05) is 103 Å². The zero-order valence-corrected chi connectivity index (χ0v) is 35.4. The Morgan fingerprint density at radius 3 is 1.04 bits per heavy atom. The van der Waals surface area contributed by atoms with Crippen molar-refractivity contribution in [3.05, 3.63) is 108 Å². The van der Waals surface area contributed by atoms with Crippen LogP contribution in [0.5, 0.6) is 46.0 Å². The van der Waals surface area contributed by atoms with Crippen LogP contribution >= 0.6 is 0 Å². The number of hydrogen-bond acceptors (Lipinski definition) is 8. The molecule has 0 unspecified atom stereocenters. The lowest BCUT2D eigenvalue weighted by Crippen LogP contribution is -2.33. The Balaban J connectivity index is 2.22. The van der Waals surface area contributed by atoms with E-state index in [9.17, 15) is 0 Å². The topological polar surface area (TPSA) is 73.8 Å². The highest BCUT2D eigenvalue weighted by Crippen LogP contribution is 2.68. The summed E-state index contributed by atoms with van der Waals surface area (Å²) >= 11 is 0. The van der Waals surface area contributed by atoms with E-state index in [1.54, 1.807) is 0 Å². The van der Waals surface area contributed by atoms with E-state index in [2.05, 4.69) is 103 Å². The van der Waals surface area contributed by atoms with E-state index in [4.69, 9.17) is 37.9 Å². The largest absolute Gasteiger partial charge is 0.493 e. The maximum Gasteiger partial charge on any atom is 0.205 e. The van der Waals surface area contributed by atoms with E-state index < -0.39 is 5.41 Å². The predicted molar refractivity (Wildman–Crippen MR) is 230 cm³/mol. The third kappa shape index (κ3) is 8.01. The van der Waals surface area contributed by atoms with Gasteiger partial charge >= 0.3 is 0 Å². The molecule has 1 aliphatic carbocycles. The molecular weight excluding hydrogens is 717 g/mol. The molecular formula is C49H62O8. The minimum Gasteiger partial charge on any atom is -0.493 e. The van der Waals surface area contributed by atoms with Crippen molar-refractivity contribution in [3.63, 3.8) is 0 Å². The van der Waals surface area contributed by atoms with E-state index in [1.165, 1.54) is 12.5 Å². The number of benzene rings is 4. The summed E-state index contributed by atoms with van der Waals surface area (Å²) in [6, 6.07) is 17.1. The van der Waals surface area contributed by atoms with Gasteiger partial charge in [0.15, 0.2) is 23.0 Å². The Morgan fingerprint density at radius 2 is 0.719 bits per heavy atom. The van der Waals surface area contributed by atoms with Crippen molar-refractivity contribution in [3.8, 4) is 57.1 Å². The van der Waals surface area contributed by atoms with Gasteiger partial charge in [-0.2, -0.15) is 0 Å². The molecule has 0 amide bonds. The van der Waals surface area contributed by atoms with Crippen LogP contribution in [-0.2, 0) is 5.41 Å². The molecule has 0 fully saturated rings. The van der Waals surface area contributed by atoms with Gasteiger partial charge in [-0.15, -0.1) is 0 Å². The Hall–Kier alpha value is -5.24. The molecule has 0 radical (unpaired) electrons. The van der Waals surface area contributed by atoms with Gasteiger partial charge in [-0.05, 0) is 74.6 Å². The Morgan fingerprint density at radius 1 is 0.421 bits per heavy atom. The van der Waals surface area contributed by atoms with Crippen molar-refractivity contribution >= 4 is 0 Å². The molecule has 0 bridgehead atoms. The molecule has 0 heterocycles. The van der Waals surface area contributed by atoms with Crippen molar-refractivity contribution in [1.82, 2.24) is 0 Å². The number of fused-ring (bicyclic) bond motifs is 3. The minimum atomic E-state index is -1.19. The van der Waals surface area contributed by atoms with Crippen LogP contribution in [0.3, 0.4) is 0 Å². The van der Waals surface area contributed by atoms with Crippen LogP contribution in [0.15, 0.2) is 74.2 Å². The first-order valence-corrected chi connectivity index (χ1v) is 20.8. The summed E-state index contributed by atoms with van der Waals surface area (Å²) < 4.78 is 54.1. The third-order valence-corrected chi connectivity index (χ3v) is 9.90. The molecule has 57 heavy (non-hydrogen) atoms. The molecule has 0 spiro atoms. The number of rotatable bonds is 24. The lowest BCUT2D eigenvalue weighted by atomic mass is 9.65. The zero-order valence-electron chi connectivity index (χ0n) is 35.4. The normalized spacial score (nSPS) is 12.3. The van der Waals surface area contributed by atoms with Crippen LogP contribution in [0.2, 0.25) is 0 Å². The van der Waals surface area contributed by atoms with Crippen LogP contribution in [0.25, 0.3) is 11.1 Å². The van der Waals surface area contributed by atoms with E-state index in [-0.39, 0.29) is 0 Å². The molecule has 306 valence electrons. The maximum absolute atomic E-state index is 7.03. The summed E-state index contributed by atoms with van der Waals surface area (Å²) in [6.07, 6.45) is 7.44. The molecule has 0 N–H and O–H groups in total.